The van der Waals surface area contributed by atoms with E-state index in [9.17, 15) is 9.18 Å². The van der Waals surface area contributed by atoms with Crippen molar-refractivity contribution < 1.29 is 18.1 Å². The predicted octanol–water partition coefficient (Wildman–Crippen LogP) is 2.95. The highest BCUT2D eigenvalue weighted by atomic mass is 19.1. The molecular weight excluding hydrogens is 327 g/mol. The maximum Gasteiger partial charge on any atom is 0.287 e. The summed E-state index contributed by atoms with van der Waals surface area (Å²) in [5, 5.41) is 6.94. The lowest BCUT2D eigenvalue weighted by molar-refractivity contribution is 0.0920. The second kappa shape index (κ2) is 6.16. The first-order valence-corrected chi connectivity index (χ1v) is 7.40. The van der Waals surface area contributed by atoms with Crippen LogP contribution in [-0.4, -0.2) is 21.0 Å². The molecule has 25 heavy (non-hydrogen) atoms. The van der Waals surface area contributed by atoms with E-state index in [0.29, 0.717) is 22.5 Å². The summed E-state index contributed by atoms with van der Waals surface area (Å²) >= 11 is 0. The first-order chi connectivity index (χ1) is 12.2. The Bertz CT molecular complexity index is 1040. The summed E-state index contributed by atoms with van der Waals surface area (Å²) in [5.74, 6) is -0.215. The van der Waals surface area contributed by atoms with Crippen LogP contribution in [0.25, 0.3) is 22.5 Å². The quantitative estimate of drug-likeness (QED) is 0.615. The number of hydrogen-bond donors (Lipinski definition) is 1. The summed E-state index contributed by atoms with van der Waals surface area (Å²) in [6.45, 7) is 0.0318. The number of carbonyl (C=O) groups excluding carboxylic acids is 1. The van der Waals surface area contributed by atoms with Crippen LogP contribution in [0.3, 0.4) is 0 Å². The number of carbonyl (C=O) groups is 1. The van der Waals surface area contributed by atoms with E-state index in [-0.39, 0.29) is 18.2 Å². The van der Waals surface area contributed by atoms with Crippen molar-refractivity contribution in [3.63, 3.8) is 0 Å². The topological polar surface area (TPSA) is 94.1 Å². The molecule has 8 heteroatoms. The molecule has 4 aromatic rings. The molecule has 0 aliphatic carbocycles. The van der Waals surface area contributed by atoms with Gasteiger partial charge in [0.2, 0.25) is 11.7 Å². The third-order valence-electron chi connectivity index (χ3n) is 3.46. The van der Waals surface area contributed by atoms with Gasteiger partial charge in [-0.1, -0.05) is 11.2 Å². The Balaban J connectivity index is 1.45. The molecule has 0 radical (unpaired) electrons. The van der Waals surface area contributed by atoms with E-state index < -0.39 is 11.7 Å². The summed E-state index contributed by atoms with van der Waals surface area (Å²) in [6, 6.07) is 10.9. The minimum Gasteiger partial charge on any atom is -0.451 e. The lowest BCUT2D eigenvalue weighted by atomic mass is 10.2. The molecular formula is C17H11FN4O3. The average Bonchev–Trinajstić information content (AvgIpc) is 3.27. The number of nitrogens with one attached hydrogen (secondary N) is 1. The molecule has 0 bridgehead atoms. The summed E-state index contributed by atoms with van der Waals surface area (Å²) in [7, 11) is 0. The second-order valence-electron chi connectivity index (χ2n) is 5.20. The van der Waals surface area contributed by atoms with E-state index in [0.717, 1.165) is 0 Å². The largest absolute Gasteiger partial charge is 0.451 e. The van der Waals surface area contributed by atoms with Gasteiger partial charge < -0.3 is 14.3 Å². The Kier molecular flexibility index (Phi) is 3.70. The molecule has 1 aromatic carbocycles. The van der Waals surface area contributed by atoms with Crippen molar-refractivity contribution in [3.05, 3.63) is 66.1 Å². The smallest absolute Gasteiger partial charge is 0.287 e. The van der Waals surface area contributed by atoms with Crippen molar-refractivity contribution >= 4 is 16.9 Å². The van der Waals surface area contributed by atoms with Crippen molar-refractivity contribution in [2.24, 2.45) is 0 Å². The maximum absolute atomic E-state index is 13.2. The molecule has 0 atom stereocenters. The van der Waals surface area contributed by atoms with Gasteiger partial charge in [0.1, 0.15) is 17.1 Å². The normalized spacial score (nSPS) is 10.9. The van der Waals surface area contributed by atoms with Gasteiger partial charge in [0.05, 0.1) is 6.54 Å². The zero-order valence-corrected chi connectivity index (χ0v) is 12.8. The van der Waals surface area contributed by atoms with Crippen LogP contribution < -0.4 is 5.32 Å². The summed E-state index contributed by atoms with van der Waals surface area (Å²) in [6.07, 6.45) is 1.62. The van der Waals surface area contributed by atoms with Crippen LogP contribution in [-0.2, 0) is 6.54 Å². The fraction of sp³-hybridized carbons (Fsp3) is 0.0588. The molecule has 0 fully saturated rings. The summed E-state index contributed by atoms with van der Waals surface area (Å²) in [5.41, 5.74) is 1.00. The van der Waals surface area contributed by atoms with Crippen LogP contribution in [0.15, 0.2) is 57.6 Å². The molecule has 7 nitrogen and oxygen atoms in total. The van der Waals surface area contributed by atoms with Crippen molar-refractivity contribution in [1.82, 2.24) is 20.4 Å². The van der Waals surface area contributed by atoms with E-state index in [2.05, 4.69) is 20.4 Å². The first kappa shape index (κ1) is 15.0. The van der Waals surface area contributed by atoms with E-state index in [1.165, 1.54) is 24.3 Å². The van der Waals surface area contributed by atoms with Crippen molar-refractivity contribution in [3.8, 4) is 11.5 Å². The number of hydrogen-bond acceptors (Lipinski definition) is 6. The van der Waals surface area contributed by atoms with Gasteiger partial charge in [-0.3, -0.25) is 9.78 Å². The van der Waals surface area contributed by atoms with Crippen LogP contribution in [0.2, 0.25) is 0 Å². The van der Waals surface area contributed by atoms with Gasteiger partial charge in [-0.15, -0.1) is 0 Å². The van der Waals surface area contributed by atoms with Crippen LogP contribution in [0.1, 0.15) is 16.4 Å². The molecule has 0 saturated carbocycles. The number of fused-ring (bicyclic) bond motifs is 1. The van der Waals surface area contributed by atoms with Gasteiger partial charge in [0.15, 0.2) is 5.76 Å². The molecule has 3 aromatic heterocycles. The van der Waals surface area contributed by atoms with Gasteiger partial charge in [0, 0.05) is 11.6 Å². The molecule has 3 heterocycles. The second-order valence-corrected chi connectivity index (χ2v) is 5.20. The summed E-state index contributed by atoms with van der Waals surface area (Å²) in [4.78, 5) is 20.4. The van der Waals surface area contributed by atoms with E-state index >= 15 is 0 Å². The zero-order chi connectivity index (χ0) is 17.2. The summed E-state index contributed by atoms with van der Waals surface area (Å²) < 4.78 is 23.7. The average molecular weight is 338 g/mol. The maximum atomic E-state index is 13.2. The Morgan fingerprint density at radius 1 is 1.20 bits per heavy atom. The molecule has 0 spiro atoms. The molecule has 0 aliphatic heterocycles. The standard InChI is InChI=1S/C17H11FN4O3/c18-11-4-5-13-10(7-11)8-14(24-13)17(23)20-9-15-21-16(22-25-15)12-3-1-2-6-19-12/h1-8H,9H2,(H,20,23). The monoisotopic (exact) mass is 338 g/mol. The SMILES string of the molecule is O=C(NCc1nc(-c2ccccn2)no1)c1cc2cc(F)ccc2o1. The van der Waals surface area contributed by atoms with Crippen LogP contribution in [0.5, 0.6) is 0 Å². The highest BCUT2D eigenvalue weighted by molar-refractivity contribution is 5.95. The molecule has 1 N–H and O–H groups in total. The van der Waals surface area contributed by atoms with Crippen LogP contribution in [0.4, 0.5) is 4.39 Å². The third-order valence-corrected chi connectivity index (χ3v) is 3.46. The Labute approximate surface area is 140 Å². The zero-order valence-electron chi connectivity index (χ0n) is 12.8. The number of aromatic nitrogens is 3. The van der Waals surface area contributed by atoms with E-state index in [4.69, 9.17) is 8.94 Å². The lowest BCUT2D eigenvalue weighted by Gasteiger charge is -1.97. The van der Waals surface area contributed by atoms with Crippen molar-refractivity contribution in [1.29, 1.82) is 0 Å². The van der Waals surface area contributed by atoms with E-state index in [1.54, 1.807) is 18.3 Å². The number of halogens is 1. The number of amides is 1. The fourth-order valence-corrected chi connectivity index (χ4v) is 2.29. The van der Waals surface area contributed by atoms with Crippen molar-refractivity contribution in [2.45, 2.75) is 6.54 Å². The molecule has 0 saturated heterocycles. The molecule has 0 unspecified atom stereocenters. The van der Waals surface area contributed by atoms with Gasteiger partial charge in [-0.05, 0) is 36.4 Å². The number of pyridine rings is 1. The molecule has 124 valence electrons. The fourth-order valence-electron chi connectivity index (χ4n) is 2.29. The Morgan fingerprint density at radius 3 is 2.96 bits per heavy atom. The van der Waals surface area contributed by atoms with Crippen LogP contribution in [0, 0.1) is 5.82 Å². The number of benzene rings is 1. The number of furan rings is 1. The minimum atomic E-state index is -0.464. The molecule has 0 aliphatic rings. The minimum absolute atomic E-state index is 0.0318. The highest BCUT2D eigenvalue weighted by Crippen LogP contribution is 2.20. The third kappa shape index (κ3) is 3.09. The van der Waals surface area contributed by atoms with Gasteiger partial charge in [0.25, 0.3) is 5.91 Å². The number of nitrogens with zero attached hydrogens (tertiary/aromatic N) is 3. The highest BCUT2D eigenvalue weighted by Gasteiger charge is 2.15. The first-order valence-electron chi connectivity index (χ1n) is 7.40. The van der Waals surface area contributed by atoms with Gasteiger partial charge >= 0.3 is 0 Å². The Morgan fingerprint density at radius 2 is 2.12 bits per heavy atom. The van der Waals surface area contributed by atoms with Gasteiger partial charge in [-0.2, -0.15) is 4.98 Å². The molecule has 1 amide bonds. The number of rotatable bonds is 4. The van der Waals surface area contributed by atoms with Gasteiger partial charge in [-0.25, -0.2) is 4.39 Å². The van der Waals surface area contributed by atoms with Crippen molar-refractivity contribution in [2.75, 3.05) is 0 Å². The molecule has 4 rings (SSSR count). The predicted molar refractivity (Wildman–Crippen MR) is 84.9 cm³/mol. The Hall–Kier alpha value is -3.55. The lowest BCUT2D eigenvalue weighted by Crippen LogP contribution is -2.22. The van der Waals surface area contributed by atoms with Crippen LogP contribution >= 0.6 is 0 Å². The van der Waals surface area contributed by atoms with E-state index in [1.807, 2.05) is 6.07 Å².